The molecule has 1 heterocycles. The zero-order chi connectivity index (χ0) is 19.5. The largest absolute Gasteiger partial charge is 0.320 e. The number of carbonyl (C=O) groups excluding carboxylic acids is 2. The minimum Gasteiger partial charge on any atom is -0.320 e. The summed E-state index contributed by atoms with van der Waals surface area (Å²) in [5.41, 5.74) is 3.94. The highest BCUT2D eigenvalue weighted by atomic mass is 16.2. The molecule has 0 saturated heterocycles. The summed E-state index contributed by atoms with van der Waals surface area (Å²) in [6.45, 7) is 1.94. The molecule has 4 rings (SSSR count). The topological polar surface area (TPSA) is 70.9 Å². The quantitative estimate of drug-likeness (QED) is 0.430. The first kappa shape index (κ1) is 17.5. The number of nitrogens with one attached hydrogen (secondary N) is 1. The van der Waals surface area contributed by atoms with Crippen LogP contribution in [0.5, 0.6) is 0 Å². The normalized spacial score (nSPS) is 14.7. The van der Waals surface area contributed by atoms with Crippen LogP contribution in [-0.2, 0) is 4.79 Å². The molecule has 0 spiro atoms. The second kappa shape index (κ2) is 7.40. The van der Waals surface area contributed by atoms with E-state index in [9.17, 15) is 9.59 Å². The van der Waals surface area contributed by atoms with Crippen molar-refractivity contribution >= 4 is 28.8 Å². The second-order valence-corrected chi connectivity index (χ2v) is 6.46. The Morgan fingerprint density at radius 1 is 0.857 bits per heavy atom. The highest BCUT2D eigenvalue weighted by molar-refractivity contribution is 6.54. The van der Waals surface area contributed by atoms with Crippen LogP contribution in [-0.4, -0.2) is 23.1 Å². The minimum atomic E-state index is -0.330. The lowest BCUT2D eigenvalue weighted by atomic mass is 10.0. The van der Waals surface area contributed by atoms with E-state index < -0.39 is 0 Å². The van der Waals surface area contributed by atoms with Crippen molar-refractivity contribution in [2.45, 2.75) is 6.92 Å². The number of hydrogen-bond donors (Lipinski definition) is 1. The average Bonchev–Trinajstić information content (AvgIpc) is 3.04. The maximum absolute atomic E-state index is 13.0. The fraction of sp³-hybridized carbons (Fsp3) is 0.0435. The lowest BCUT2D eigenvalue weighted by molar-refractivity contribution is -0.110. The molecule has 1 amide bonds. The third-order valence-electron chi connectivity index (χ3n) is 4.44. The molecule has 0 aromatic heterocycles. The zero-order valence-electron chi connectivity index (χ0n) is 15.2. The van der Waals surface area contributed by atoms with Gasteiger partial charge < -0.3 is 5.32 Å². The highest BCUT2D eigenvalue weighted by Gasteiger charge is 2.26. The van der Waals surface area contributed by atoms with Crippen LogP contribution in [0.3, 0.4) is 0 Å². The molecule has 0 fully saturated rings. The molecule has 136 valence electrons. The van der Waals surface area contributed by atoms with E-state index in [0.717, 1.165) is 5.56 Å². The molecule has 1 aliphatic heterocycles. The molecular weight excluding hydrogens is 350 g/mol. The van der Waals surface area contributed by atoms with Crippen molar-refractivity contribution in [3.63, 3.8) is 0 Å². The number of benzene rings is 3. The van der Waals surface area contributed by atoms with Gasteiger partial charge in [-0.2, -0.15) is 0 Å². The van der Waals surface area contributed by atoms with Crippen LogP contribution in [0.4, 0.5) is 5.69 Å². The Balaban J connectivity index is 1.81. The molecule has 0 atom stereocenters. The molecule has 3 aromatic rings. The van der Waals surface area contributed by atoms with Gasteiger partial charge in [0.05, 0.1) is 5.69 Å². The van der Waals surface area contributed by atoms with E-state index in [2.05, 4.69) is 15.5 Å². The number of amides is 1. The molecule has 28 heavy (non-hydrogen) atoms. The van der Waals surface area contributed by atoms with Gasteiger partial charge in [0.15, 0.2) is 5.71 Å². The summed E-state index contributed by atoms with van der Waals surface area (Å²) >= 11 is 0. The predicted octanol–water partition coefficient (Wildman–Crippen LogP) is 4.02. The van der Waals surface area contributed by atoms with Crippen LogP contribution in [0.1, 0.15) is 27.0 Å². The van der Waals surface area contributed by atoms with Gasteiger partial charge in [-0.05, 0) is 19.1 Å². The van der Waals surface area contributed by atoms with Crippen LogP contribution >= 0.6 is 0 Å². The van der Waals surface area contributed by atoms with Crippen LogP contribution in [0.2, 0.25) is 0 Å². The molecule has 5 heteroatoms. The first-order valence-corrected chi connectivity index (χ1v) is 8.86. The Kier molecular flexibility index (Phi) is 4.64. The number of hydrogen-bond acceptors (Lipinski definition) is 4. The Bertz CT molecular complexity index is 1120. The van der Waals surface area contributed by atoms with Crippen molar-refractivity contribution in [1.82, 2.24) is 0 Å². The van der Waals surface area contributed by atoms with E-state index >= 15 is 0 Å². The van der Waals surface area contributed by atoms with Gasteiger partial charge >= 0.3 is 0 Å². The highest BCUT2D eigenvalue weighted by Crippen LogP contribution is 2.24. The third-order valence-corrected chi connectivity index (χ3v) is 4.44. The standard InChI is InChI=1S/C23H17N3O2/c1-15-12-13-19-18(14-15)21(23(28)24-19)26-25-20(16-8-4-2-5-9-16)22(27)17-10-6-3-7-11-17/h2-14H,1H3,(H,24,26,28)/b25-20+. The van der Waals surface area contributed by atoms with E-state index in [4.69, 9.17) is 0 Å². The van der Waals surface area contributed by atoms with Crippen molar-refractivity contribution in [2.24, 2.45) is 10.2 Å². The molecule has 0 saturated carbocycles. The second-order valence-electron chi connectivity index (χ2n) is 6.46. The number of ketones is 1. The Morgan fingerprint density at radius 2 is 1.50 bits per heavy atom. The first-order chi connectivity index (χ1) is 13.6. The summed E-state index contributed by atoms with van der Waals surface area (Å²) in [6, 6.07) is 23.7. The van der Waals surface area contributed by atoms with Gasteiger partial charge in [0.2, 0.25) is 5.78 Å². The van der Waals surface area contributed by atoms with Crippen molar-refractivity contribution < 1.29 is 9.59 Å². The molecule has 5 nitrogen and oxygen atoms in total. The fourth-order valence-corrected chi connectivity index (χ4v) is 3.02. The molecule has 1 aliphatic rings. The van der Waals surface area contributed by atoms with E-state index in [-0.39, 0.29) is 23.1 Å². The summed E-state index contributed by atoms with van der Waals surface area (Å²) in [4.78, 5) is 25.4. The average molecular weight is 367 g/mol. The number of nitrogens with zero attached hydrogens (tertiary/aromatic N) is 2. The zero-order valence-corrected chi connectivity index (χ0v) is 15.2. The summed E-state index contributed by atoms with van der Waals surface area (Å²) in [7, 11) is 0. The minimum absolute atomic E-state index is 0.188. The van der Waals surface area contributed by atoms with Crippen LogP contribution in [0.15, 0.2) is 89.1 Å². The fourth-order valence-electron chi connectivity index (χ4n) is 3.02. The van der Waals surface area contributed by atoms with E-state index in [0.29, 0.717) is 22.4 Å². The van der Waals surface area contributed by atoms with Crippen LogP contribution in [0, 0.1) is 6.92 Å². The van der Waals surface area contributed by atoms with Crippen molar-refractivity contribution in [3.8, 4) is 0 Å². The van der Waals surface area contributed by atoms with Crippen molar-refractivity contribution in [1.29, 1.82) is 0 Å². The summed E-state index contributed by atoms with van der Waals surface area (Å²) in [6.07, 6.45) is 0. The van der Waals surface area contributed by atoms with Crippen molar-refractivity contribution in [2.75, 3.05) is 5.32 Å². The van der Waals surface area contributed by atoms with E-state index in [1.54, 1.807) is 36.4 Å². The van der Waals surface area contributed by atoms with Gasteiger partial charge in [0.1, 0.15) is 5.71 Å². The maximum atomic E-state index is 13.0. The van der Waals surface area contributed by atoms with Gasteiger partial charge in [-0.25, -0.2) is 0 Å². The third kappa shape index (κ3) is 3.38. The number of Topliss-reactive ketones (excluding diaryl/α,β-unsaturated/α-hetero) is 1. The SMILES string of the molecule is Cc1ccc2c(c1)/C(=N/N=C(/C(=O)c1ccccc1)c1ccccc1)C(=O)N2. The molecule has 0 aliphatic carbocycles. The molecule has 0 unspecified atom stereocenters. The Hall–Kier alpha value is -3.86. The van der Waals surface area contributed by atoms with Gasteiger partial charge in [-0.15, -0.1) is 10.2 Å². The summed E-state index contributed by atoms with van der Waals surface area (Å²) in [5.74, 6) is -0.581. The van der Waals surface area contributed by atoms with Crippen LogP contribution < -0.4 is 5.32 Å². The van der Waals surface area contributed by atoms with E-state index in [1.807, 2.05) is 49.4 Å². The number of rotatable bonds is 4. The maximum Gasteiger partial charge on any atom is 0.276 e. The molecule has 1 N–H and O–H groups in total. The van der Waals surface area contributed by atoms with Gasteiger partial charge in [-0.3, -0.25) is 9.59 Å². The molecule has 0 radical (unpaired) electrons. The number of aryl methyl sites for hydroxylation is 1. The lowest BCUT2D eigenvalue weighted by Gasteiger charge is -2.05. The summed E-state index contributed by atoms with van der Waals surface area (Å²) in [5, 5.41) is 11.2. The Morgan fingerprint density at radius 3 is 2.18 bits per heavy atom. The smallest absolute Gasteiger partial charge is 0.276 e. The van der Waals surface area contributed by atoms with Gasteiger partial charge in [0.25, 0.3) is 5.91 Å². The van der Waals surface area contributed by atoms with Crippen LogP contribution in [0.25, 0.3) is 0 Å². The van der Waals surface area contributed by atoms with Crippen molar-refractivity contribution in [3.05, 3.63) is 101 Å². The monoisotopic (exact) mass is 367 g/mol. The Labute approximate surface area is 162 Å². The number of fused-ring (bicyclic) bond motifs is 1. The van der Waals surface area contributed by atoms with E-state index in [1.165, 1.54) is 0 Å². The lowest BCUT2D eigenvalue weighted by Crippen LogP contribution is -2.17. The predicted molar refractivity (Wildman–Crippen MR) is 110 cm³/mol. The van der Waals surface area contributed by atoms with Gasteiger partial charge in [-0.1, -0.05) is 72.3 Å². The molecule has 3 aromatic carbocycles. The number of carbonyl (C=O) groups is 2. The number of anilines is 1. The summed E-state index contributed by atoms with van der Waals surface area (Å²) < 4.78 is 0. The first-order valence-electron chi connectivity index (χ1n) is 8.86. The molecular formula is C23H17N3O2. The van der Waals surface area contributed by atoms with Gasteiger partial charge in [0, 0.05) is 16.7 Å². The molecule has 0 bridgehead atoms.